The Kier molecular flexibility index (Phi) is 20.3. The first kappa shape index (κ1) is 51.8. The van der Waals surface area contributed by atoms with E-state index in [-0.39, 0.29) is 24.7 Å². The molecule has 4 aliphatic heterocycles. The van der Waals surface area contributed by atoms with Crippen molar-refractivity contribution in [3.63, 3.8) is 0 Å². The number of ether oxygens (including phenoxy) is 7. The van der Waals surface area contributed by atoms with Crippen LogP contribution in [0.3, 0.4) is 0 Å². The third kappa shape index (κ3) is 13.8. The van der Waals surface area contributed by atoms with Crippen LogP contribution in [-0.2, 0) is 42.7 Å². The van der Waals surface area contributed by atoms with Gasteiger partial charge in [-0.05, 0) is 90.9 Å². The molecule has 4 heterocycles. The molecule has 4 rings (SSSR count). The quantitative estimate of drug-likeness (QED) is 0.209. The van der Waals surface area contributed by atoms with E-state index in [0.29, 0.717) is 31.1 Å². The van der Waals surface area contributed by atoms with Crippen molar-refractivity contribution in [3.8, 4) is 0 Å². The Morgan fingerprint density at radius 3 is 2.05 bits per heavy atom. The van der Waals surface area contributed by atoms with Gasteiger partial charge in [0.15, 0.2) is 18.4 Å². The summed E-state index contributed by atoms with van der Waals surface area (Å²) in [6.07, 6.45) is -2.96. The van der Waals surface area contributed by atoms with Crippen LogP contribution < -0.4 is 0 Å². The molecule has 0 saturated carbocycles. The molecule has 0 radical (unpaired) electrons. The molecule has 0 bridgehead atoms. The van der Waals surface area contributed by atoms with Crippen molar-refractivity contribution >= 4 is 11.8 Å². The summed E-state index contributed by atoms with van der Waals surface area (Å²) in [7, 11) is 6.54. The Labute approximate surface area is 365 Å². The molecular weight excluding hydrogens is 789 g/mol. The lowest BCUT2D eigenvalue weighted by Gasteiger charge is -2.47. The van der Waals surface area contributed by atoms with E-state index in [1.165, 1.54) is 20.6 Å². The van der Waals surface area contributed by atoms with Gasteiger partial charge in [-0.3, -0.25) is 9.59 Å². The molecule has 4 N–H and O–H groups in total. The van der Waals surface area contributed by atoms with Crippen LogP contribution in [0.4, 0.5) is 0 Å². The van der Waals surface area contributed by atoms with Gasteiger partial charge in [0.2, 0.25) is 0 Å². The molecular formula is C46H80N2O13. The topological polar surface area (TPSA) is 186 Å². The summed E-state index contributed by atoms with van der Waals surface area (Å²) in [6.45, 7) is 18.2. The lowest BCUT2D eigenvalue weighted by Crippen LogP contribution is -2.63. The van der Waals surface area contributed by atoms with Gasteiger partial charge in [-0.1, -0.05) is 52.3 Å². The number of methoxy groups -OCH3 is 2. The van der Waals surface area contributed by atoms with Gasteiger partial charge in [-0.15, -0.1) is 0 Å². The minimum atomic E-state index is -1.23. The second-order valence-electron chi connectivity index (χ2n) is 18.9. The molecule has 0 aliphatic carbocycles. The van der Waals surface area contributed by atoms with Crippen molar-refractivity contribution in [2.75, 3.05) is 54.6 Å². The number of ketones is 1. The first-order valence-electron chi connectivity index (χ1n) is 22.6. The molecule has 3 saturated heterocycles. The monoisotopic (exact) mass is 869 g/mol. The Balaban J connectivity index is 1.68. The van der Waals surface area contributed by atoms with Gasteiger partial charge in [0, 0.05) is 45.1 Å². The van der Waals surface area contributed by atoms with Crippen LogP contribution in [0, 0.1) is 35.5 Å². The molecule has 0 aromatic rings. The number of hydrogen-bond acceptors (Lipinski definition) is 15. The van der Waals surface area contributed by atoms with E-state index in [0.717, 1.165) is 25.2 Å². The molecule has 0 amide bonds. The highest BCUT2D eigenvalue weighted by Gasteiger charge is 2.48. The maximum Gasteiger partial charge on any atom is 0.308 e. The van der Waals surface area contributed by atoms with Crippen molar-refractivity contribution in [3.05, 3.63) is 23.8 Å². The van der Waals surface area contributed by atoms with E-state index in [2.05, 4.69) is 18.7 Å². The SMILES string of the molecule is CC[C@H]1OC(=O)C[C@@H](O)[C@H](C)[C@@H](O[C@@H]2O[C@H](C)[C@@H](O)[C@H](N(C)C)[C@H]2O)[C@@H](CCN2C[C@H](C)C[C@H](C)C2)C[C@@H](C)C(=O)/C=C/C(C)=C/[C@@H]1CO[C@@H]1O[C@H](C)[C@@H](O)[C@@H](OC)[C@H]1OC. The highest BCUT2D eigenvalue weighted by molar-refractivity contribution is 5.91. The molecule has 19 atom stereocenters. The number of carbonyl (C=O) groups excluding carboxylic acids is 2. The fourth-order valence-corrected chi connectivity index (χ4v) is 10.0. The minimum Gasteiger partial charge on any atom is -0.462 e. The Morgan fingerprint density at radius 2 is 1.44 bits per heavy atom. The summed E-state index contributed by atoms with van der Waals surface area (Å²) in [6, 6.07) is -0.684. The Bertz CT molecular complexity index is 1420. The van der Waals surface area contributed by atoms with Crippen molar-refractivity contribution in [2.45, 2.75) is 167 Å². The minimum absolute atomic E-state index is 0.0427. The number of piperidine rings is 1. The van der Waals surface area contributed by atoms with Crippen LogP contribution in [0.2, 0.25) is 0 Å². The second kappa shape index (κ2) is 23.9. The smallest absolute Gasteiger partial charge is 0.308 e. The molecule has 15 nitrogen and oxygen atoms in total. The number of rotatable bonds is 12. The van der Waals surface area contributed by atoms with Gasteiger partial charge in [-0.25, -0.2) is 0 Å². The molecule has 352 valence electrons. The number of aliphatic hydroxyl groups excluding tert-OH is 4. The standard InChI is InChI=1S/C46H80N2O13/c1-13-36-33(24-57-46-44(56-12)43(55-11)40(53)31(8)59-46)19-25(2)14-15-34(49)28(5)20-32(16-17-48-22-26(3)18-27(4)23-48)42(29(6)35(50)21-37(51)60-36)61-45-41(54)38(47(9)10)39(52)30(7)58-45/h14-15,19,26-33,35-36,38-46,50,52-54H,13,16-18,20-24H2,1-12H3/b15-14+,25-19+/t26-,27+,28-,29+,30-,31-,32+,33-,35-,36-,38+,39-,40-,41-,42-,43-,44-,45+,46-/m1/s1. The van der Waals surface area contributed by atoms with E-state index in [4.69, 9.17) is 33.2 Å². The molecule has 3 fully saturated rings. The van der Waals surface area contributed by atoms with E-state index in [9.17, 15) is 30.0 Å². The predicted octanol–water partition coefficient (Wildman–Crippen LogP) is 3.34. The van der Waals surface area contributed by atoms with Crippen LogP contribution in [0.1, 0.15) is 87.5 Å². The number of cyclic esters (lactones) is 1. The van der Waals surface area contributed by atoms with E-state index in [1.807, 2.05) is 33.8 Å². The molecule has 0 aromatic carbocycles. The van der Waals surface area contributed by atoms with E-state index >= 15 is 0 Å². The summed E-state index contributed by atoms with van der Waals surface area (Å²) in [5.41, 5.74) is 0.761. The van der Waals surface area contributed by atoms with Crippen LogP contribution in [0.25, 0.3) is 0 Å². The lowest BCUT2D eigenvalue weighted by atomic mass is 9.79. The Hall–Kier alpha value is -1.86. The molecule has 4 aliphatic rings. The number of carbonyl (C=O) groups is 2. The van der Waals surface area contributed by atoms with Crippen molar-refractivity contribution < 1.29 is 63.2 Å². The summed E-state index contributed by atoms with van der Waals surface area (Å²) >= 11 is 0. The fourth-order valence-electron chi connectivity index (χ4n) is 10.0. The van der Waals surface area contributed by atoms with Gasteiger partial charge in [0.1, 0.15) is 30.5 Å². The molecule has 0 aromatic heterocycles. The first-order chi connectivity index (χ1) is 28.8. The van der Waals surface area contributed by atoms with Crippen LogP contribution in [0.5, 0.6) is 0 Å². The fraction of sp³-hybridized carbons (Fsp3) is 0.870. The van der Waals surface area contributed by atoms with Gasteiger partial charge >= 0.3 is 5.97 Å². The average Bonchev–Trinajstić information content (AvgIpc) is 3.19. The highest BCUT2D eigenvalue weighted by atomic mass is 16.7. The van der Waals surface area contributed by atoms with Gasteiger partial charge in [0.25, 0.3) is 0 Å². The number of aliphatic hydroxyl groups is 4. The van der Waals surface area contributed by atoms with Crippen molar-refractivity contribution in [1.29, 1.82) is 0 Å². The third-order valence-corrected chi connectivity index (χ3v) is 13.5. The summed E-state index contributed by atoms with van der Waals surface area (Å²) in [5, 5.41) is 45.3. The normalized spacial score (nSPS) is 44.3. The van der Waals surface area contributed by atoms with Crippen molar-refractivity contribution in [1.82, 2.24) is 9.80 Å². The van der Waals surface area contributed by atoms with Gasteiger partial charge in [-0.2, -0.15) is 0 Å². The third-order valence-electron chi connectivity index (χ3n) is 13.5. The maximum absolute atomic E-state index is 14.0. The van der Waals surface area contributed by atoms with E-state index < -0.39 is 103 Å². The second-order valence-corrected chi connectivity index (χ2v) is 18.9. The van der Waals surface area contributed by atoms with Crippen LogP contribution in [0.15, 0.2) is 23.8 Å². The molecule has 61 heavy (non-hydrogen) atoms. The summed E-state index contributed by atoms with van der Waals surface area (Å²) in [5.74, 6) is -1.46. The lowest BCUT2D eigenvalue weighted by molar-refractivity contribution is -0.304. The van der Waals surface area contributed by atoms with Gasteiger partial charge in [0.05, 0.1) is 49.6 Å². The number of nitrogens with zero attached hydrogens (tertiary/aromatic N) is 2. The Morgan fingerprint density at radius 1 is 0.820 bits per heavy atom. The molecule has 0 spiro atoms. The number of esters is 1. The molecule has 15 heteroatoms. The summed E-state index contributed by atoms with van der Waals surface area (Å²) in [4.78, 5) is 32.1. The van der Waals surface area contributed by atoms with Crippen LogP contribution in [-0.4, -0.2) is 176 Å². The zero-order chi connectivity index (χ0) is 45.3. The zero-order valence-corrected chi connectivity index (χ0v) is 38.9. The average molecular weight is 869 g/mol. The first-order valence-corrected chi connectivity index (χ1v) is 22.6. The predicted molar refractivity (Wildman–Crippen MR) is 229 cm³/mol. The van der Waals surface area contributed by atoms with Crippen molar-refractivity contribution in [2.24, 2.45) is 35.5 Å². The van der Waals surface area contributed by atoms with E-state index in [1.54, 1.807) is 45.0 Å². The van der Waals surface area contributed by atoms with Gasteiger partial charge < -0.3 is 63.4 Å². The molecule has 0 unspecified atom stereocenters. The number of allylic oxidation sites excluding steroid dienone is 3. The van der Waals surface area contributed by atoms with Crippen LogP contribution >= 0.6 is 0 Å². The summed E-state index contributed by atoms with van der Waals surface area (Å²) < 4.78 is 42.6. The number of hydrogen-bond donors (Lipinski definition) is 4. The number of likely N-dealkylation sites (tertiary alicyclic amines) is 1. The highest BCUT2D eigenvalue weighted by Crippen LogP contribution is 2.36. The maximum atomic E-state index is 14.0. The number of likely N-dealkylation sites (N-methyl/N-ethyl adjacent to an activating group) is 1. The zero-order valence-electron chi connectivity index (χ0n) is 38.9. The largest absolute Gasteiger partial charge is 0.462 e.